The maximum atomic E-state index is 11.8. The van der Waals surface area contributed by atoms with Crippen molar-refractivity contribution in [3.8, 4) is 0 Å². The number of hydrogen-bond acceptors (Lipinski definition) is 2. The summed E-state index contributed by atoms with van der Waals surface area (Å²) in [5.41, 5.74) is 3.89. The highest BCUT2D eigenvalue weighted by atomic mass is 16.4. The molecular formula is C20H14O4. The van der Waals surface area contributed by atoms with Crippen LogP contribution < -0.4 is 0 Å². The van der Waals surface area contributed by atoms with Crippen LogP contribution in [0.25, 0.3) is 12.2 Å². The molecule has 0 radical (unpaired) electrons. The fourth-order valence-corrected chi connectivity index (χ4v) is 3.81. The first-order valence-corrected chi connectivity index (χ1v) is 7.65. The molecule has 2 unspecified atom stereocenters. The number of rotatable bonds is 3. The van der Waals surface area contributed by atoms with Crippen molar-refractivity contribution in [2.45, 2.75) is 11.8 Å². The van der Waals surface area contributed by atoms with Crippen molar-refractivity contribution < 1.29 is 19.8 Å². The Morgan fingerprint density at radius 3 is 1.42 bits per heavy atom. The van der Waals surface area contributed by atoms with E-state index in [0.29, 0.717) is 0 Å². The molecule has 0 bridgehead atoms. The molecule has 2 aliphatic rings. The van der Waals surface area contributed by atoms with Gasteiger partial charge in [-0.2, -0.15) is 0 Å². The summed E-state index contributed by atoms with van der Waals surface area (Å²) in [4.78, 5) is 23.6. The second-order valence-electron chi connectivity index (χ2n) is 6.02. The van der Waals surface area contributed by atoms with Gasteiger partial charge < -0.3 is 10.2 Å². The molecule has 118 valence electrons. The molecular weight excluding hydrogens is 304 g/mol. The van der Waals surface area contributed by atoms with Crippen molar-refractivity contribution in [2.24, 2.45) is 0 Å². The SMILES string of the molecule is O=C(O)C1=Cc2ccccc2C1C1C(C(=O)O)=Cc2ccccc21. The van der Waals surface area contributed by atoms with Gasteiger partial charge in [0.05, 0.1) is 0 Å². The number of carboxylic acids is 2. The molecule has 4 rings (SSSR count). The van der Waals surface area contributed by atoms with Crippen LogP contribution in [0.5, 0.6) is 0 Å². The molecule has 4 heteroatoms. The fourth-order valence-electron chi connectivity index (χ4n) is 3.81. The van der Waals surface area contributed by atoms with Crippen molar-refractivity contribution in [3.63, 3.8) is 0 Å². The van der Waals surface area contributed by atoms with E-state index in [2.05, 4.69) is 0 Å². The average Bonchev–Trinajstić information content (AvgIpc) is 3.12. The van der Waals surface area contributed by atoms with E-state index >= 15 is 0 Å². The van der Waals surface area contributed by atoms with Crippen molar-refractivity contribution in [2.75, 3.05) is 0 Å². The zero-order chi connectivity index (χ0) is 16.8. The van der Waals surface area contributed by atoms with E-state index < -0.39 is 23.8 Å². The van der Waals surface area contributed by atoms with Gasteiger partial charge in [-0.1, -0.05) is 48.5 Å². The first kappa shape index (κ1) is 14.5. The summed E-state index contributed by atoms with van der Waals surface area (Å²) >= 11 is 0. The number of benzene rings is 2. The molecule has 24 heavy (non-hydrogen) atoms. The Labute approximate surface area is 138 Å². The van der Waals surface area contributed by atoms with E-state index in [-0.39, 0.29) is 11.1 Å². The molecule has 2 aliphatic carbocycles. The normalized spacial score (nSPS) is 20.8. The molecule has 0 spiro atoms. The molecule has 2 aromatic rings. The van der Waals surface area contributed by atoms with Crippen LogP contribution >= 0.6 is 0 Å². The van der Waals surface area contributed by atoms with Gasteiger partial charge >= 0.3 is 11.9 Å². The van der Waals surface area contributed by atoms with Gasteiger partial charge in [-0.05, 0) is 34.4 Å². The Kier molecular flexibility index (Phi) is 3.13. The molecule has 0 heterocycles. The van der Waals surface area contributed by atoms with E-state index in [1.54, 1.807) is 12.2 Å². The highest BCUT2D eigenvalue weighted by Crippen LogP contribution is 2.52. The summed E-state index contributed by atoms with van der Waals surface area (Å²) in [6, 6.07) is 14.9. The average molecular weight is 318 g/mol. The number of fused-ring (bicyclic) bond motifs is 2. The Morgan fingerprint density at radius 1 is 0.667 bits per heavy atom. The smallest absolute Gasteiger partial charge is 0.332 e. The summed E-state index contributed by atoms with van der Waals surface area (Å²) in [5.74, 6) is -3.01. The van der Waals surface area contributed by atoms with Crippen LogP contribution in [0.15, 0.2) is 59.7 Å². The standard InChI is InChI=1S/C20H14O4/c21-19(22)15-9-11-5-1-3-7-13(11)17(15)18-14-8-4-2-6-12(14)10-16(18)20(23)24/h1-10,17-18H,(H,21,22)(H,23,24). The van der Waals surface area contributed by atoms with Gasteiger partial charge in [0.2, 0.25) is 0 Å². The minimum Gasteiger partial charge on any atom is -0.478 e. The summed E-state index contributed by atoms with van der Waals surface area (Å²) in [7, 11) is 0. The Morgan fingerprint density at radius 2 is 1.04 bits per heavy atom. The predicted molar refractivity (Wildman–Crippen MR) is 89.6 cm³/mol. The lowest BCUT2D eigenvalue weighted by Gasteiger charge is -2.24. The van der Waals surface area contributed by atoms with Crippen molar-refractivity contribution >= 4 is 24.1 Å². The topological polar surface area (TPSA) is 74.6 Å². The van der Waals surface area contributed by atoms with Crippen LogP contribution in [0.2, 0.25) is 0 Å². The zero-order valence-electron chi connectivity index (χ0n) is 12.6. The van der Waals surface area contributed by atoms with Crippen LogP contribution in [0.1, 0.15) is 34.1 Å². The first-order chi connectivity index (χ1) is 11.6. The highest BCUT2D eigenvalue weighted by molar-refractivity contribution is 6.01. The quantitative estimate of drug-likeness (QED) is 0.908. The van der Waals surface area contributed by atoms with Gasteiger partial charge in [0.15, 0.2) is 0 Å². The van der Waals surface area contributed by atoms with Crippen molar-refractivity contribution in [3.05, 3.63) is 81.9 Å². The van der Waals surface area contributed by atoms with Gasteiger partial charge in [0.25, 0.3) is 0 Å². The zero-order valence-corrected chi connectivity index (χ0v) is 12.6. The molecule has 0 amide bonds. The van der Waals surface area contributed by atoms with Crippen LogP contribution in [0, 0.1) is 0 Å². The van der Waals surface area contributed by atoms with Gasteiger partial charge in [-0.3, -0.25) is 0 Å². The van der Waals surface area contributed by atoms with Crippen LogP contribution in [0.4, 0.5) is 0 Å². The Hall–Kier alpha value is -3.14. The van der Waals surface area contributed by atoms with Crippen molar-refractivity contribution in [1.82, 2.24) is 0 Å². The van der Waals surface area contributed by atoms with E-state index in [9.17, 15) is 19.8 Å². The Bertz CT molecular complexity index is 859. The number of carboxylic acid groups (broad SMARTS) is 2. The van der Waals surface area contributed by atoms with Crippen molar-refractivity contribution in [1.29, 1.82) is 0 Å². The predicted octanol–water partition coefficient (Wildman–Crippen LogP) is 3.52. The van der Waals surface area contributed by atoms with E-state index in [1.807, 2.05) is 48.5 Å². The summed E-state index contributed by atoms with van der Waals surface area (Å²) in [5, 5.41) is 19.3. The van der Waals surface area contributed by atoms with Gasteiger partial charge in [0, 0.05) is 23.0 Å². The monoisotopic (exact) mass is 318 g/mol. The summed E-state index contributed by atoms with van der Waals surface area (Å²) in [6.45, 7) is 0. The molecule has 0 aliphatic heterocycles. The molecule has 4 nitrogen and oxygen atoms in total. The minimum atomic E-state index is -1.01. The number of carbonyl (C=O) groups is 2. The lowest BCUT2D eigenvalue weighted by atomic mass is 9.77. The molecule has 2 aromatic carbocycles. The summed E-state index contributed by atoms with van der Waals surface area (Å²) in [6.07, 6.45) is 3.31. The third kappa shape index (κ3) is 2.00. The largest absolute Gasteiger partial charge is 0.478 e. The van der Waals surface area contributed by atoms with Crippen LogP contribution in [-0.4, -0.2) is 22.2 Å². The Balaban J connectivity index is 1.93. The van der Waals surface area contributed by atoms with E-state index in [1.165, 1.54) is 0 Å². The second-order valence-corrected chi connectivity index (χ2v) is 6.02. The third-order valence-corrected chi connectivity index (χ3v) is 4.78. The molecule has 2 atom stereocenters. The maximum Gasteiger partial charge on any atom is 0.332 e. The fraction of sp³-hybridized carbons (Fsp3) is 0.100. The van der Waals surface area contributed by atoms with Crippen LogP contribution in [0.3, 0.4) is 0 Å². The number of aliphatic carboxylic acids is 2. The molecule has 0 aromatic heterocycles. The molecule has 0 saturated carbocycles. The first-order valence-electron chi connectivity index (χ1n) is 7.65. The maximum absolute atomic E-state index is 11.8. The summed E-state index contributed by atoms with van der Waals surface area (Å²) < 4.78 is 0. The lowest BCUT2D eigenvalue weighted by molar-refractivity contribution is -0.134. The molecule has 0 saturated heterocycles. The molecule has 2 N–H and O–H groups in total. The number of hydrogen-bond donors (Lipinski definition) is 2. The van der Waals surface area contributed by atoms with Gasteiger partial charge in [-0.25, -0.2) is 9.59 Å². The second kappa shape index (κ2) is 5.20. The van der Waals surface area contributed by atoms with E-state index in [4.69, 9.17) is 0 Å². The lowest BCUT2D eigenvalue weighted by Crippen LogP contribution is -2.19. The van der Waals surface area contributed by atoms with E-state index in [0.717, 1.165) is 22.3 Å². The van der Waals surface area contributed by atoms with Crippen LogP contribution in [-0.2, 0) is 9.59 Å². The highest BCUT2D eigenvalue weighted by Gasteiger charge is 2.42. The minimum absolute atomic E-state index is 0.241. The molecule has 0 fully saturated rings. The van der Waals surface area contributed by atoms with Gasteiger partial charge in [0.1, 0.15) is 0 Å². The van der Waals surface area contributed by atoms with Gasteiger partial charge in [-0.15, -0.1) is 0 Å². The third-order valence-electron chi connectivity index (χ3n) is 4.78.